The lowest BCUT2D eigenvalue weighted by molar-refractivity contribution is -0.386. The summed E-state index contributed by atoms with van der Waals surface area (Å²) >= 11 is 0. The van der Waals surface area contributed by atoms with Crippen molar-refractivity contribution in [2.24, 2.45) is 0 Å². The fraction of sp³-hybridized carbons (Fsp3) is 0.300. The van der Waals surface area contributed by atoms with Gasteiger partial charge in [-0.2, -0.15) is 0 Å². The molecular formula is C10H11NO5. The van der Waals surface area contributed by atoms with Gasteiger partial charge in [-0.1, -0.05) is 12.1 Å². The Hall–Kier alpha value is -2.11. The molecular weight excluding hydrogens is 214 g/mol. The van der Waals surface area contributed by atoms with Crippen molar-refractivity contribution in [1.29, 1.82) is 0 Å². The second kappa shape index (κ2) is 4.61. The van der Waals surface area contributed by atoms with Gasteiger partial charge in [0.25, 0.3) is 0 Å². The van der Waals surface area contributed by atoms with Crippen LogP contribution in [0, 0.1) is 17.0 Å². The number of hydrogen-bond acceptors (Lipinski definition) is 4. The van der Waals surface area contributed by atoms with E-state index in [-0.39, 0.29) is 11.4 Å². The molecule has 0 heterocycles. The molecule has 0 radical (unpaired) electrons. The van der Waals surface area contributed by atoms with Gasteiger partial charge in [0.1, 0.15) is 0 Å². The van der Waals surface area contributed by atoms with E-state index < -0.39 is 17.0 Å². The zero-order valence-electron chi connectivity index (χ0n) is 8.84. The number of carboxylic acid groups (broad SMARTS) is 1. The Morgan fingerprint density at radius 3 is 2.69 bits per heavy atom. The molecule has 0 aliphatic heterocycles. The summed E-state index contributed by atoms with van der Waals surface area (Å²) in [7, 11) is 0. The number of aryl methyl sites for hydroxylation is 1. The van der Waals surface area contributed by atoms with Gasteiger partial charge in [-0.05, 0) is 19.4 Å². The fourth-order valence-corrected chi connectivity index (χ4v) is 1.16. The minimum atomic E-state index is -1.17. The maximum atomic E-state index is 10.7. The van der Waals surface area contributed by atoms with Crippen LogP contribution in [0.2, 0.25) is 0 Å². The van der Waals surface area contributed by atoms with Crippen LogP contribution in [0.3, 0.4) is 0 Å². The van der Waals surface area contributed by atoms with E-state index in [0.29, 0.717) is 5.56 Å². The molecule has 0 aliphatic rings. The monoisotopic (exact) mass is 225 g/mol. The largest absolute Gasteiger partial charge is 0.479 e. The highest BCUT2D eigenvalue weighted by molar-refractivity contribution is 5.72. The van der Waals surface area contributed by atoms with Crippen LogP contribution in [0.5, 0.6) is 5.75 Å². The average Bonchev–Trinajstić information content (AvgIpc) is 2.20. The van der Waals surface area contributed by atoms with Crippen LogP contribution in [-0.2, 0) is 4.79 Å². The van der Waals surface area contributed by atoms with E-state index in [2.05, 4.69) is 0 Å². The Morgan fingerprint density at radius 1 is 1.56 bits per heavy atom. The number of rotatable bonds is 4. The zero-order valence-corrected chi connectivity index (χ0v) is 8.84. The van der Waals surface area contributed by atoms with Crippen LogP contribution in [0.25, 0.3) is 0 Å². The highest BCUT2D eigenvalue weighted by Crippen LogP contribution is 2.30. The number of hydrogen-bond donors (Lipinski definition) is 1. The van der Waals surface area contributed by atoms with Crippen molar-refractivity contribution in [2.75, 3.05) is 0 Å². The molecule has 1 aromatic carbocycles. The Bertz CT molecular complexity index is 429. The smallest absolute Gasteiger partial charge is 0.344 e. The van der Waals surface area contributed by atoms with E-state index in [1.807, 2.05) is 0 Å². The van der Waals surface area contributed by atoms with Gasteiger partial charge < -0.3 is 9.84 Å². The summed E-state index contributed by atoms with van der Waals surface area (Å²) in [6.07, 6.45) is -1.13. The summed E-state index contributed by atoms with van der Waals surface area (Å²) in [6.45, 7) is 2.94. The van der Waals surface area contributed by atoms with Crippen molar-refractivity contribution in [3.63, 3.8) is 0 Å². The van der Waals surface area contributed by atoms with Crippen LogP contribution in [0.15, 0.2) is 18.2 Å². The molecule has 6 heteroatoms. The molecule has 1 atom stereocenters. The van der Waals surface area contributed by atoms with Gasteiger partial charge >= 0.3 is 11.7 Å². The van der Waals surface area contributed by atoms with Gasteiger partial charge in [-0.25, -0.2) is 4.79 Å². The fourth-order valence-electron chi connectivity index (χ4n) is 1.16. The predicted molar refractivity (Wildman–Crippen MR) is 55.6 cm³/mol. The van der Waals surface area contributed by atoms with Gasteiger partial charge in [0.2, 0.25) is 5.75 Å². The first-order valence-corrected chi connectivity index (χ1v) is 4.57. The highest BCUT2D eigenvalue weighted by Gasteiger charge is 2.21. The predicted octanol–water partition coefficient (Wildman–Crippen LogP) is 1.76. The molecule has 86 valence electrons. The summed E-state index contributed by atoms with van der Waals surface area (Å²) < 4.78 is 5.06. The minimum Gasteiger partial charge on any atom is -0.479 e. The number of carbonyl (C=O) groups is 1. The third kappa shape index (κ3) is 2.47. The second-order valence-electron chi connectivity index (χ2n) is 3.28. The van der Waals surface area contributed by atoms with Crippen molar-refractivity contribution in [3.05, 3.63) is 33.9 Å². The van der Waals surface area contributed by atoms with Crippen molar-refractivity contribution in [1.82, 2.24) is 0 Å². The summed E-state index contributed by atoms with van der Waals surface area (Å²) in [4.78, 5) is 20.7. The first kappa shape index (κ1) is 12.0. The molecule has 0 saturated heterocycles. The first-order chi connectivity index (χ1) is 7.43. The average molecular weight is 225 g/mol. The number of aliphatic carboxylic acids is 1. The third-order valence-electron chi connectivity index (χ3n) is 2.03. The lowest BCUT2D eigenvalue weighted by atomic mass is 10.2. The topological polar surface area (TPSA) is 89.7 Å². The number of para-hydroxylation sites is 1. The van der Waals surface area contributed by atoms with Crippen LogP contribution in [0.4, 0.5) is 5.69 Å². The number of ether oxygens (including phenoxy) is 1. The van der Waals surface area contributed by atoms with E-state index >= 15 is 0 Å². The maximum Gasteiger partial charge on any atom is 0.344 e. The van der Waals surface area contributed by atoms with Gasteiger partial charge in [0.05, 0.1) is 4.92 Å². The number of nitro groups is 1. The Balaban J connectivity index is 3.11. The summed E-state index contributed by atoms with van der Waals surface area (Å²) in [6, 6.07) is 4.42. The van der Waals surface area contributed by atoms with E-state index in [1.54, 1.807) is 13.0 Å². The first-order valence-electron chi connectivity index (χ1n) is 4.57. The van der Waals surface area contributed by atoms with Gasteiger partial charge in [0.15, 0.2) is 6.10 Å². The summed E-state index contributed by atoms with van der Waals surface area (Å²) in [5, 5.41) is 19.4. The highest BCUT2D eigenvalue weighted by atomic mass is 16.6. The summed E-state index contributed by atoms with van der Waals surface area (Å²) in [5.41, 5.74) is 0.301. The number of benzene rings is 1. The number of nitro benzene ring substituents is 1. The van der Waals surface area contributed by atoms with Crippen LogP contribution < -0.4 is 4.74 Å². The van der Waals surface area contributed by atoms with E-state index in [4.69, 9.17) is 9.84 Å². The van der Waals surface area contributed by atoms with Crippen molar-refractivity contribution in [2.45, 2.75) is 20.0 Å². The Kier molecular flexibility index (Phi) is 3.44. The Labute approximate surface area is 91.6 Å². The minimum absolute atomic E-state index is 0.00222. The molecule has 0 unspecified atom stereocenters. The molecule has 1 N–H and O–H groups in total. The lowest BCUT2D eigenvalue weighted by Crippen LogP contribution is -2.23. The van der Waals surface area contributed by atoms with Gasteiger partial charge in [-0.3, -0.25) is 10.1 Å². The normalized spacial score (nSPS) is 11.9. The molecule has 0 fully saturated rings. The van der Waals surface area contributed by atoms with Gasteiger partial charge in [0, 0.05) is 6.07 Å². The van der Waals surface area contributed by atoms with E-state index in [0.717, 1.165) is 0 Å². The van der Waals surface area contributed by atoms with Crippen LogP contribution in [-0.4, -0.2) is 22.1 Å². The molecule has 1 rings (SSSR count). The molecule has 16 heavy (non-hydrogen) atoms. The molecule has 0 saturated carbocycles. The van der Waals surface area contributed by atoms with Crippen molar-refractivity contribution >= 4 is 11.7 Å². The second-order valence-corrected chi connectivity index (χ2v) is 3.28. The number of nitrogens with zero attached hydrogens (tertiary/aromatic N) is 1. The Morgan fingerprint density at radius 2 is 2.19 bits per heavy atom. The standard InChI is InChI=1S/C10H11NO5/c1-6-4-3-5-8(11(14)15)9(6)16-7(2)10(12)13/h3-5,7H,1-2H3,(H,12,13)/t7-/m1/s1. The zero-order chi connectivity index (χ0) is 12.3. The van der Waals surface area contributed by atoms with Crippen LogP contribution in [0.1, 0.15) is 12.5 Å². The van der Waals surface area contributed by atoms with Crippen molar-refractivity contribution < 1.29 is 19.6 Å². The molecule has 0 amide bonds. The molecule has 1 aromatic rings. The van der Waals surface area contributed by atoms with E-state index in [9.17, 15) is 14.9 Å². The van der Waals surface area contributed by atoms with E-state index in [1.165, 1.54) is 19.1 Å². The number of carboxylic acids is 1. The lowest BCUT2D eigenvalue weighted by Gasteiger charge is -2.12. The van der Waals surface area contributed by atoms with Crippen LogP contribution >= 0.6 is 0 Å². The third-order valence-corrected chi connectivity index (χ3v) is 2.03. The molecule has 0 spiro atoms. The quantitative estimate of drug-likeness (QED) is 0.622. The summed E-state index contributed by atoms with van der Waals surface area (Å²) in [5.74, 6) is -1.17. The molecule has 0 aromatic heterocycles. The van der Waals surface area contributed by atoms with Gasteiger partial charge in [-0.15, -0.1) is 0 Å². The molecule has 6 nitrogen and oxygen atoms in total. The molecule has 0 aliphatic carbocycles. The SMILES string of the molecule is Cc1cccc([N+](=O)[O-])c1O[C@H](C)C(=O)O. The maximum absolute atomic E-state index is 10.7. The van der Waals surface area contributed by atoms with Crippen molar-refractivity contribution in [3.8, 4) is 5.75 Å². The molecule has 0 bridgehead atoms.